The Balaban J connectivity index is 3.60. The second-order valence-corrected chi connectivity index (χ2v) is 2.56. The number of methoxy groups -OCH3 is 1. The van der Waals surface area contributed by atoms with Crippen molar-refractivity contribution in [2.75, 3.05) is 7.11 Å². The van der Waals surface area contributed by atoms with E-state index in [2.05, 4.69) is 0 Å². The summed E-state index contributed by atoms with van der Waals surface area (Å²) in [6.07, 6.45) is 0.303. The van der Waals surface area contributed by atoms with Crippen LogP contribution in [0.4, 0.5) is 5.69 Å². The van der Waals surface area contributed by atoms with Crippen LogP contribution in [0.5, 0.6) is 5.75 Å². The minimum atomic E-state index is -0.773. The van der Waals surface area contributed by atoms with Crippen LogP contribution < -0.4 is 4.74 Å². The first-order chi connectivity index (χ1) is 7.15. The van der Waals surface area contributed by atoms with Crippen LogP contribution in [0.3, 0.4) is 0 Å². The first-order valence-corrected chi connectivity index (χ1v) is 3.86. The molecule has 0 N–H and O–H groups in total. The van der Waals surface area contributed by atoms with Gasteiger partial charge in [0.15, 0.2) is 6.29 Å². The van der Waals surface area contributed by atoms with Crippen LogP contribution in [0.1, 0.15) is 15.9 Å². The normalized spacial score (nSPS) is 9.07. The van der Waals surface area contributed by atoms with Crippen molar-refractivity contribution < 1.29 is 14.5 Å². The van der Waals surface area contributed by atoms with Crippen molar-refractivity contribution in [1.29, 1.82) is 5.26 Å². The van der Waals surface area contributed by atoms with E-state index in [0.29, 0.717) is 6.29 Å². The molecule has 0 spiro atoms. The van der Waals surface area contributed by atoms with Gasteiger partial charge in [-0.15, -0.1) is 0 Å². The van der Waals surface area contributed by atoms with E-state index in [4.69, 9.17) is 10.00 Å². The van der Waals surface area contributed by atoms with Crippen LogP contribution in [0.15, 0.2) is 12.1 Å². The molecule has 0 amide bonds. The van der Waals surface area contributed by atoms with Crippen molar-refractivity contribution in [2.45, 2.75) is 0 Å². The molecule has 0 bridgehead atoms. The number of carbonyl (C=O) groups excluding carboxylic acids is 1. The number of hydrogen-bond acceptors (Lipinski definition) is 5. The molecule has 0 aliphatic carbocycles. The highest BCUT2D eigenvalue weighted by Crippen LogP contribution is 2.29. The molecule has 0 saturated carbocycles. The maximum atomic E-state index is 10.7. The van der Waals surface area contributed by atoms with Crippen LogP contribution in [0, 0.1) is 21.4 Å². The van der Waals surface area contributed by atoms with E-state index in [1.165, 1.54) is 19.2 Å². The maximum Gasteiger partial charge on any atom is 0.301 e. The fourth-order valence-electron chi connectivity index (χ4n) is 1.17. The minimum absolute atomic E-state index is 0.0794. The van der Waals surface area contributed by atoms with E-state index in [1.54, 1.807) is 6.07 Å². The third-order valence-electron chi connectivity index (χ3n) is 1.82. The van der Waals surface area contributed by atoms with Gasteiger partial charge in [0.25, 0.3) is 0 Å². The molecule has 0 unspecified atom stereocenters. The fourth-order valence-corrected chi connectivity index (χ4v) is 1.17. The number of nitro groups is 1. The predicted molar refractivity (Wildman–Crippen MR) is 49.8 cm³/mol. The van der Waals surface area contributed by atoms with Gasteiger partial charge in [0.05, 0.1) is 12.0 Å². The van der Waals surface area contributed by atoms with Crippen molar-refractivity contribution in [3.63, 3.8) is 0 Å². The number of nitro benzene ring substituents is 1. The Morgan fingerprint density at radius 2 is 2.27 bits per heavy atom. The van der Waals surface area contributed by atoms with E-state index in [0.717, 1.165) is 0 Å². The first-order valence-electron chi connectivity index (χ1n) is 3.86. The van der Waals surface area contributed by atoms with Crippen molar-refractivity contribution in [1.82, 2.24) is 0 Å². The molecule has 76 valence electrons. The average Bonchev–Trinajstić information content (AvgIpc) is 2.26. The van der Waals surface area contributed by atoms with Gasteiger partial charge in [-0.3, -0.25) is 14.9 Å². The zero-order chi connectivity index (χ0) is 11.4. The van der Waals surface area contributed by atoms with Gasteiger partial charge in [-0.05, 0) is 12.1 Å². The Kier molecular flexibility index (Phi) is 2.98. The predicted octanol–water partition coefficient (Wildman–Crippen LogP) is 1.29. The summed E-state index contributed by atoms with van der Waals surface area (Å²) in [6, 6.07) is 4.23. The average molecular weight is 206 g/mol. The summed E-state index contributed by atoms with van der Waals surface area (Å²) in [4.78, 5) is 20.6. The van der Waals surface area contributed by atoms with Crippen molar-refractivity contribution >= 4 is 12.0 Å². The number of aldehydes is 1. The van der Waals surface area contributed by atoms with E-state index in [9.17, 15) is 14.9 Å². The Labute approximate surface area is 84.8 Å². The molecule has 0 heterocycles. The lowest BCUT2D eigenvalue weighted by atomic mass is 10.1. The minimum Gasteiger partial charge on any atom is -0.496 e. The van der Waals surface area contributed by atoms with Crippen LogP contribution in [-0.4, -0.2) is 18.3 Å². The SMILES string of the molecule is COc1ccc(C#N)c([N+](=O)[O-])c1C=O. The molecule has 0 aromatic heterocycles. The highest BCUT2D eigenvalue weighted by atomic mass is 16.6. The molecule has 1 aromatic rings. The summed E-state index contributed by atoms with van der Waals surface area (Å²) in [7, 11) is 1.29. The van der Waals surface area contributed by atoms with Crippen LogP contribution in [-0.2, 0) is 0 Å². The summed E-state index contributed by atoms with van der Waals surface area (Å²) in [5, 5.41) is 19.3. The van der Waals surface area contributed by atoms with Crippen molar-refractivity contribution in [2.24, 2.45) is 0 Å². The molecule has 0 aliphatic heterocycles. The monoisotopic (exact) mass is 206 g/mol. The Morgan fingerprint density at radius 3 is 2.67 bits per heavy atom. The lowest BCUT2D eigenvalue weighted by molar-refractivity contribution is -0.385. The van der Waals surface area contributed by atoms with Gasteiger partial charge in [-0.25, -0.2) is 0 Å². The van der Waals surface area contributed by atoms with Crippen LogP contribution in [0.25, 0.3) is 0 Å². The Morgan fingerprint density at radius 1 is 1.60 bits per heavy atom. The number of rotatable bonds is 3. The number of hydrogen-bond donors (Lipinski definition) is 0. The third kappa shape index (κ3) is 1.76. The quantitative estimate of drug-likeness (QED) is 0.422. The number of nitrogens with zero attached hydrogens (tertiary/aromatic N) is 2. The summed E-state index contributed by atoms with van der Waals surface area (Å²) in [5.74, 6) is 0.0794. The van der Waals surface area contributed by atoms with Gasteiger partial charge >= 0.3 is 5.69 Å². The summed E-state index contributed by atoms with van der Waals surface area (Å²) < 4.78 is 4.78. The van der Waals surface area contributed by atoms with Crippen LogP contribution >= 0.6 is 0 Å². The lowest BCUT2D eigenvalue weighted by Gasteiger charge is -2.04. The zero-order valence-corrected chi connectivity index (χ0v) is 7.76. The molecule has 15 heavy (non-hydrogen) atoms. The van der Waals surface area contributed by atoms with E-state index in [-0.39, 0.29) is 16.9 Å². The van der Waals surface area contributed by atoms with Crippen LogP contribution in [0.2, 0.25) is 0 Å². The van der Waals surface area contributed by atoms with E-state index in [1.807, 2.05) is 0 Å². The molecule has 1 rings (SSSR count). The topological polar surface area (TPSA) is 93.2 Å². The summed E-state index contributed by atoms with van der Waals surface area (Å²) in [6.45, 7) is 0. The third-order valence-corrected chi connectivity index (χ3v) is 1.82. The number of benzene rings is 1. The molecule has 6 heteroatoms. The van der Waals surface area contributed by atoms with E-state index < -0.39 is 10.6 Å². The maximum absolute atomic E-state index is 10.7. The smallest absolute Gasteiger partial charge is 0.301 e. The fraction of sp³-hybridized carbons (Fsp3) is 0.111. The highest BCUT2D eigenvalue weighted by molar-refractivity contribution is 5.87. The molecule has 0 fully saturated rings. The molecule has 6 nitrogen and oxygen atoms in total. The lowest BCUT2D eigenvalue weighted by Crippen LogP contribution is -2.00. The standard InChI is InChI=1S/C9H6N2O4/c1-15-8-3-2-6(4-10)9(11(13)14)7(8)5-12/h2-3,5H,1H3. The van der Waals surface area contributed by atoms with Gasteiger partial charge in [0, 0.05) is 0 Å². The molecule has 0 aliphatic rings. The number of carbonyl (C=O) groups is 1. The van der Waals surface area contributed by atoms with Crippen molar-refractivity contribution in [3.8, 4) is 11.8 Å². The number of nitriles is 1. The van der Waals surface area contributed by atoms with E-state index >= 15 is 0 Å². The molecule has 0 saturated heterocycles. The first kappa shape index (κ1) is 10.7. The summed E-state index contributed by atoms with van der Waals surface area (Å²) in [5.41, 5.74) is -0.906. The molecule has 0 radical (unpaired) electrons. The molecular weight excluding hydrogens is 200 g/mol. The van der Waals surface area contributed by atoms with Gasteiger partial charge in [0.1, 0.15) is 22.9 Å². The summed E-state index contributed by atoms with van der Waals surface area (Å²) >= 11 is 0. The van der Waals surface area contributed by atoms with Gasteiger partial charge in [-0.2, -0.15) is 5.26 Å². The largest absolute Gasteiger partial charge is 0.496 e. The van der Waals surface area contributed by atoms with Gasteiger partial charge in [0.2, 0.25) is 0 Å². The highest BCUT2D eigenvalue weighted by Gasteiger charge is 2.23. The number of ether oxygens (including phenoxy) is 1. The van der Waals surface area contributed by atoms with Gasteiger partial charge < -0.3 is 4.74 Å². The second kappa shape index (κ2) is 4.19. The second-order valence-electron chi connectivity index (χ2n) is 2.56. The Hall–Kier alpha value is -2.42. The van der Waals surface area contributed by atoms with Crippen molar-refractivity contribution in [3.05, 3.63) is 33.4 Å². The molecular formula is C9H6N2O4. The molecule has 1 aromatic carbocycles. The molecule has 0 atom stereocenters. The zero-order valence-electron chi connectivity index (χ0n) is 7.76. The van der Waals surface area contributed by atoms with Gasteiger partial charge in [-0.1, -0.05) is 0 Å². The Bertz CT molecular complexity index is 462.